The van der Waals surface area contributed by atoms with E-state index in [4.69, 9.17) is 5.11 Å². The summed E-state index contributed by atoms with van der Waals surface area (Å²) in [6.45, 7) is 2.14. The van der Waals surface area contributed by atoms with E-state index < -0.39 is 11.9 Å². The summed E-state index contributed by atoms with van der Waals surface area (Å²) in [5, 5.41) is 11.5. The molecular formula is C7H11NO3. The van der Waals surface area contributed by atoms with Crippen molar-refractivity contribution in [3.63, 3.8) is 0 Å². The highest BCUT2D eigenvalue weighted by molar-refractivity contribution is 5.99. The van der Waals surface area contributed by atoms with Gasteiger partial charge in [0.05, 0.1) is 0 Å². The maximum Gasteiger partial charge on any atom is 0.315 e. The molecule has 0 aromatic heterocycles. The first-order valence-electron chi connectivity index (χ1n) is 3.60. The van der Waals surface area contributed by atoms with Crippen LogP contribution in [0, 0.1) is 5.92 Å². The number of carboxylic acids is 1. The number of nitrogens with one attached hydrogen (secondary N) is 1. The standard InChI is InChI=1S/C7H11NO3/c1-4-2-6(9)5(3-8-4)7(10)11/h4-5,8H,2-3H2,1H3,(H,10,11). The highest BCUT2D eigenvalue weighted by Gasteiger charge is 2.31. The second-order valence-electron chi connectivity index (χ2n) is 2.87. The largest absolute Gasteiger partial charge is 0.481 e. The van der Waals surface area contributed by atoms with E-state index in [1.165, 1.54) is 0 Å². The molecule has 1 heterocycles. The topological polar surface area (TPSA) is 66.4 Å². The monoisotopic (exact) mass is 157 g/mol. The van der Waals surface area contributed by atoms with E-state index in [0.717, 1.165) is 0 Å². The molecule has 2 N–H and O–H groups in total. The van der Waals surface area contributed by atoms with Gasteiger partial charge in [0.1, 0.15) is 11.7 Å². The molecule has 2 unspecified atom stereocenters. The Balaban J connectivity index is 2.58. The van der Waals surface area contributed by atoms with Crippen LogP contribution in [0.2, 0.25) is 0 Å². The number of aliphatic carboxylic acids is 1. The highest BCUT2D eigenvalue weighted by Crippen LogP contribution is 2.09. The Morgan fingerprint density at radius 2 is 2.36 bits per heavy atom. The lowest BCUT2D eigenvalue weighted by molar-refractivity contribution is -0.147. The van der Waals surface area contributed by atoms with Crippen molar-refractivity contribution in [2.45, 2.75) is 19.4 Å². The van der Waals surface area contributed by atoms with Crippen LogP contribution in [0.1, 0.15) is 13.3 Å². The lowest BCUT2D eigenvalue weighted by Crippen LogP contribution is -2.45. The molecule has 0 amide bonds. The SMILES string of the molecule is CC1CC(=O)C(C(=O)O)CN1. The van der Waals surface area contributed by atoms with Gasteiger partial charge in [0, 0.05) is 19.0 Å². The fraction of sp³-hybridized carbons (Fsp3) is 0.714. The molecule has 2 atom stereocenters. The highest BCUT2D eigenvalue weighted by atomic mass is 16.4. The number of rotatable bonds is 1. The van der Waals surface area contributed by atoms with Gasteiger partial charge in [0.15, 0.2) is 0 Å². The van der Waals surface area contributed by atoms with Crippen molar-refractivity contribution in [1.82, 2.24) is 5.32 Å². The van der Waals surface area contributed by atoms with E-state index >= 15 is 0 Å². The molecular weight excluding hydrogens is 146 g/mol. The number of carbonyl (C=O) groups is 2. The second kappa shape index (κ2) is 3.00. The van der Waals surface area contributed by atoms with Crippen molar-refractivity contribution >= 4 is 11.8 Å². The lowest BCUT2D eigenvalue weighted by atomic mass is 9.94. The van der Waals surface area contributed by atoms with Crippen LogP contribution in [0.4, 0.5) is 0 Å². The molecule has 11 heavy (non-hydrogen) atoms. The fourth-order valence-electron chi connectivity index (χ4n) is 1.17. The summed E-state index contributed by atoms with van der Waals surface area (Å²) in [7, 11) is 0. The quantitative estimate of drug-likeness (QED) is 0.510. The molecule has 0 saturated carbocycles. The maximum absolute atomic E-state index is 11.0. The van der Waals surface area contributed by atoms with Gasteiger partial charge in [-0.1, -0.05) is 0 Å². The average molecular weight is 157 g/mol. The Labute approximate surface area is 64.6 Å². The van der Waals surface area contributed by atoms with E-state index in [-0.39, 0.29) is 18.4 Å². The van der Waals surface area contributed by atoms with Crippen LogP contribution in [0.15, 0.2) is 0 Å². The third kappa shape index (κ3) is 1.77. The Morgan fingerprint density at radius 1 is 1.73 bits per heavy atom. The van der Waals surface area contributed by atoms with E-state index in [1.54, 1.807) is 0 Å². The first-order chi connectivity index (χ1) is 5.11. The average Bonchev–Trinajstić information content (AvgIpc) is 1.85. The number of hydrogen-bond acceptors (Lipinski definition) is 3. The van der Waals surface area contributed by atoms with Gasteiger partial charge in [-0.2, -0.15) is 0 Å². The third-order valence-electron chi connectivity index (χ3n) is 1.86. The molecule has 0 aromatic carbocycles. The molecule has 0 radical (unpaired) electrons. The maximum atomic E-state index is 11.0. The zero-order chi connectivity index (χ0) is 8.43. The van der Waals surface area contributed by atoms with Gasteiger partial charge in [0.2, 0.25) is 0 Å². The molecule has 1 aliphatic heterocycles. The molecule has 1 aliphatic rings. The zero-order valence-corrected chi connectivity index (χ0v) is 6.33. The second-order valence-corrected chi connectivity index (χ2v) is 2.87. The molecule has 1 rings (SSSR count). The predicted octanol–water partition coefficient (Wildman–Crippen LogP) is -0.362. The minimum atomic E-state index is -1.02. The van der Waals surface area contributed by atoms with Crippen molar-refractivity contribution < 1.29 is 14.7 Å². The number of carboxylic acid groups (broad SMARTS) is 1. The van der Waals surface area contributed by atoms with Gasteiger partial charge in [0.25, 0.3) is 0 Å². The third-order valence-corrected chi connectivity index (χ3v) is 1.86. The minimum Gasteiger partial charge on any atom is -0.481 e. The first kappa shape index (κ1) is 8.20. The Kier molecular flexibility index (Phi) is 2.24. The molecule has 1 fully saturated rings. The number of hydrogen-bond donors (Lipinski definition) is 2. The number of Topliss-reactive ketones (excluding diaryl/α,β-unsaturated/α-hetero) is 1. The molecule has 1 saturated heterocycles. The van der Waals surface area contributed by atoms with Gasteiger partial charge in [-0.3, -0.25) is 9.59 Å². The Morgan fingerprint density at radius 3 is 2.82 bits per heavy atom. The Hall–Kier alpha value is -0.900. The molecule has 62 valence electrons. The van der Waals surface area contributed by atoms with E-state index in [0.29, 0.717) is 6.42 Å². The smallest absolute Gasteiger partial charge is 0.315 e. The van der Waals surface area contributed by atoms with Crippen LogP contribution in [-0.4, -0.2) is 29.4 Å². The molecule has 0 aromatic rings. The zero-order valence-electron chi connectivity index (χ0n) is 6.33. The fourth-order valence-corrected chi connectivity index (χ4v) is 1.17. The van der Waals surface area contributed by atoms with Crippen molar-refractivity contribution in [2.24, 2.45) is 5.92 Å². The van der Waals surface area contributed by atoms with Crippen LogP contribution in [-0.2, 0) is 9.59 Å². The van der Waals surface area contributed by atoms with Crippen LogP contribution in [0.5, 0.6) is 0 Å². The van der Waals surface area contributed by atoms with Gasteiger partial charge in [-0.15, -0.1) is 0 Å². The predicted molar refractivity (Wildman–Crippen MR) is 38.2 cm³/mol. The van der Waals surface area contributed by atoms with E-state index in [1.807, 2.05) is 6.92 Å². The van der Waals surface area contributed by atoms with Crippen molar-refractivity contribution in [3.8, 4) is 0 Å². The van der Waals surface area contributed by atoms with Crippen molar-refractivity contribution in [1.29, 1.82) is 0 Å². The van der Waals surface area contributed by atoms with Crippen molar-refractivity contribution in [2.75, 3.05) is 6.54 Å². The normalized spacial score (nSPS) is 31.9. The molecule has 0 aliphatic carbocycles. The van der Waals surface area contributed by atoms with Gasteiger partial charge in [-0.25, -0.2) is 0 Å². The van der Waals surface area contributed by atoms with Gasteiger partial charge >= 0.3 is 5.97 Å². The summed E-state index contributed by atoms with van der Waals surface area (Å²) >= 11 is 0. The molecule has 0 spiro atoms. The van der Waals surface area contributed by atoms with Crippen LogP contribution >= 0.6 is 0 Å². The first-order valence-corrected chi connectivity index (χ1v) is 3.60. The summed E-state index contributed by atoms with van der Waals surface area (Å²) < 4.78 is 0. The number of carbonyl (C=O) groups excluding carboxylic acids is 1. The van der Waals surface area contributed by atoms with E-state index in [9.17, 15) is 9.59 Å². The minimum absolute atomic E-state index is 0.123. The van der Waals surface area contributed by atoms with Crippen molar-refractivity contribution in [3.05, 3.63) is 0 Å². The lowest BCUT2D eigenvalue weighted by Gasteiger charge is -2.23. The summed E-state index contributed by atoms with van der Waals surface area (Å²) in [6.07, 6.45) is 0.330. The Bertz CT molecular complexity index is 190. The summed E-state index contributed by atoms with van der Waals surface area (Å²) in [6, 6.07) is 0.123. The summed E-state index contributed by atoms with van der Waals surface area (Å²) in [4.78, 5) is 21.4. The number of piperidine rings is 1. The summed E-state index contributed by atoms with van der Waals surface area (Å²) in [5.41, 5.74) is 0. The molecule has 4 heteroatoms. The van der Waals surface area contributed by atoms with Gasteiger partial charge < -0.3 is 10.4 Å². The van der Waals surface area contributed by atoms with Crippen LogP contribution < -0.4 is 5.32 Å². The van der Waals surface area contributed by atoms with E-state index in [2.05, 4.69) is 5.32 Å². The van der Waals surface area contributed by atoms with Gasteiger partial charge in [-0.05, 0) is 6.92 Å². The summed E-state index contributed by atoms with van der Waals surface area (Å²) in [5.74, 6) is -2.01. The molecule has 0 bridgehead atoms. The van der Waals surface area contributed by atoms with Crippen LogP contribution in [0.25, 0.3) is 0 Å². The molecule has 4 nitrogen and oxygen atoms in total. The van der Waals surface area contributed by atoms with Crippen LogP contribution in [0.3, 0.4) is 0 Å². The number of ketones is 1.